The number of nitrogens with two attached hydrogens (primary N) is 1. The largest absolute Gasteiger partial charge is 0.480 e. The predicted molar refractivity (Wildman–Crippen MR) is 276 cm³/mol. The van der Waals surface area contributed by atoms with Crippen molar-refractivity contribution in [3.05, 3.63) is 48.6 Å². The first kappa shape index (κ1) is 61.3. The molecular weight excluding hydrogens is 793 g/mol. The van der Waals surface area contributed by atoms with Gasteiger partial charge in [0.25, 0.3) is 0 Å². The molecule has 4 N–H and O–H groups in total. The highest BCUT2D eigenvalue weighted by molar-refractivity contribution is 5.83. The third kappa shape index (κ3) is 47.3. The summed E-state index contributed by atoms with van der Waals surface area (Å²) in [4.78, 5) is 36.6. The Kier molecular flexibility index (Phi) is 49.2. The van der Waals surface area contributed by atoms with Crippen molar-refractivity contribution in [3.63, 3.8) is 0 Å². The molecule has 0 aliphatic heterocycles. The topological polar surface area (TPSA) is 119 Å². The van der Waals surface area contributed by atoms with Gasteiger partial charge in [0, 0.05) is 12.8 Å². The van der Waals surface area contributed by atoms with E-state index in [2.05, 4.69) is 67.8 Å². The Labute approximate surface area is 396 Å². The Balaban J connectivity index is 4.28. The molecule has 0 fully saturated rings. The third-order valence-electron chi connectivity index (χ3n) is 12.4. The average molecular weight is 897 g/mol. The van der Waals surface area contributed by atoms with E-state index in [1.54, 1.807) is 0 Å². The highest BCUT2D eigenvalue weighted by Gasteiger charge is 2.19. The molecule has 2 atom stereocenters. The second-order valence-electron chi connectivity index (χ2n) is 18.6. The maximum Gasteiger partial charge on any atom is 0.326 e. The molecule has 0 aromatic heterocycles. The molecule has 372 valence electrons. The van der Waals surface area contributed by atoms with Crippen molar-refractivity contribution in [2.24, 2.45) is 5.73 Å². The van der Waals surface area contributed by atoms with E-state index in [-0.39, 0.29) is 18.0 Å². The minimum absolute atomic E-state index is 0.00876. The van der Waals surface area contributed by atoms with Crippen LogP contribution in [-0.4, -0.2) is 41.6 Å². The maximum atomic E-state index is 12.9. The number of carboxylic acids is 1. The zero-order valence-electron chi connectivity index (χ0n) is 42.1. The SMILES string of the molecule is CCCCCCC/C=C\C/C=C\C/C=C\CCCCCCCCCCC(=O)OC(CCCCC/C=C\CCCCCCCCCC)CCCCCCCC(=O)NC(CCCN)C(=O)O. The molecule has 0 radical (unpaired) electrons. The van der Waals surface area contributed by atoms with E-state index < -0.39 is 12.0 Å². The van der Waals surface area contributed by atoms with Crippen LogP contribution in [-0.2, 0) is 19.1 Å². The molecule has 0 rings (SSSR count). The van der Waals surface area contributed by atoms with Crippen LogP contribution in [0, 0.1) is 0 Å². The lowest BCUT2D eigenvalue weighted by Gasteiger charge is -2.18. The van der Waals surface area contributed by atoms with Gasteiger partial charge >= 0.3 is 11.9 Å². The quantitative estimate of drug-likeness (QED) is 0.0318. The minimum Gasteiger partial charge on any atom is -0.480 e. The van der Waals surface area contributed by atoms with Crippen molar-refractivity contribution in [1.82, 2.24) is 5.32 Å². The van der Waals surface area contributed by atoms with Crippen molar-refractivity contribution >= 4 is 17.8 Å². The average Bonchev–Trinajstić information content (AvgIpc) is 3.28. The summed E-state index contributed by atoms with van der Waals surface area (Å²) in [6, 6.07) is -0.861. The fraction of sp³-hybridized carbons (Fsp3) is 0.807. The third-order valence-corrected chi connectivity index (χ3v) is 12.4. The molecule has 64 heavy (non-hydrogen) atoms. The normalized spacial score (nSPS) is 12.9. The molecule has 0 bridgehead atoms. The Morgan fingerprint density at radius 1 is 0.453 bits per heavy atom. The smallest absolute Gasteiger partial charge is 0.326 e. The van der Waals surface area contributed by atoms with Gasteiger partial charge in [-0.3, -0.25) is 9.59 Å². The van der Waals surface area contributed by atoms with Crippen molar-refractivity contribution in [2.45, 2.75) is 289 Å². The van der Waals surface area contributed by atoms with E-state index in [1.807, 2.05) is 0 Å². The molecule has 0 aromatic rings. The molecule has 0 saturated heterocycles. The van der Waals surface area contributed by atoms with Crippen LogP contribution < -0.4 is 11.1 Å². The van der Waals surface area contributed by atoms with E-state index in [4.69, 9.17) is 10.5 Å². The van der Waals surface area contributed by atoms with Crippen LogP contribution in [0.5, 0.6) is 0 Å². The lowest BCUT2D eigenvalue weighted by atomic mass is 10.0. The van der Waals surface area contributed by atoms with Gasteiger partial charge in [0.2, 0.25) is 5.91 Å². The number of ether oxygens (including phenoxy) is 1. The Hall–Kier alpha value is -2.67. The molecule has 1 amide bonds. The summed E-state index contributed by atoms with van der Waals surface area (Å²) in [6.45, 7) is 4.95. The minimum atomic E-state index is -1.00. The first-order chi connectivity index (χ1) is 31.4. The van der Waals surface area contributed by atoms with Crippen LogP contribution in [0.4, 0.5) is 0 Å². The van der Waals surface area contributed by atoms with E-state index >= 15 is 0 Å². The Morgan fingerprint density at radius 3 is 1.25 bits per heavy atom. The molecule has 7 nitrogen and oxygen atoms in total. The molecule has 0 heterocycles. The number of amides is 1. The monoisotopic (exact) mass is 897 g/mol. The van der Waals surface area contributed by atoms with E-state index in [1.165, 1.54) is 154 Å². The van der Waals surface area contributed by atoms with Crippen LogP contribution in [0.25, 0.3) is 0 Å². The molecule has 7 heteroatoms. The van der Waals surface area contributed by atoms with Crippen molar-refractivity contribution in [2.75, 3.05) is 6.54 Å². The van der Waals surface area contributed by atoms with Crippen LogP contribution in [0.15, 0.2) is 48.6 Å². The zero-order valence-corrected chi connectivity index (χ0v) is 42.1. The first-order valence-corrected chi connectivity index (χ1v) is 27.5. The van der Waals surface area contributed by atoms with Gasteiger partial charge in [0.1, 0.15) is 12.1 Å². The molecule has 0 spiro atoms. The van der Waals surface area contributed by atoms with Crippen molar-refractivity contribution in [1.29, 1.82) is 0 Å². The molecule has 0 aromatic carbocycles. The maximum absolute atomic E-state index is 12.9. The number of hydrogen-bond donors (Lipinski definition) is 3. The molecule has 0 aliphatic rings. The van der Waals surface area contributed by atoms with Crippen LogP contribution in [0.3, 0.4) is 0 Å². The van der Waals surface area contributed by atoms with Gasteiger partial charge in [-0.2, -0.15) is 0 Å². The highest BCUT2D eigenvalue weighted by atomic mass is 16.5. The number of nitrogens with one attached hydrogen (secondary N) is 1. The summed E-state index contributed by atoms with van der Waals surface area (Å²) in [7, 11) is 0. The molecule has 2 unspecified atom stereocenters. The van der Waals surface area contributed by atoms with Gasteiger partial charge in [-0.1, -0.05) is 197 Å². The molecule has 0 saturated carbocycles. The zero-order chi connectivity index (χ0) is 46.7. The fourth-order valence-corrected chi connectivity index (χ4v) is 8.22. The Morgan fingerprint density at radius 2 is 0.812 bits per heavy atom. The van der Waals surface area contributed by atoms with E-state index in [9.17, 15) is 19.5 Å². The lowest BCUT2D eigenvalue weighted by Crippen LogP contribution is -2.40. The number of carbonyl (C=O) groups is 3. The predicted octanol–water partition coefficient (Wildman–Crippen LogP) is 16.7. The number of esters is 1. The van der Waals surface area contributed by atoms with Gasteiger partial charge in [-0.05, 0) is 122 Å². The second kappa shape index (κ2) is 51.3. The van der Waals surface area contributed by atoms with E-state index in [0.717, 1.165) is 83.5 Å². The summed E-state index contributed by atoms with van der Waals surface area (Å²) >= 11 is 0. The number of hydrogen-bond acceptors (Lipinski definition) is 5. The summed E-state index contributed by atoms with van der Waals surface area (Å²) in [5, 5.41) is 12.0. The van der Waals surface area contributed by atoms with Gasteiger partial charge in [0.15, 0.2) is 0 Å². The number of rotatable bonds is 50. The standard InChI is InChI=1S/C57H104N2O5/c1-3-5-7-9-11-13-15-17-19-20-21-22-23-24-25-26-28-30-32-34-36-41-45-51-56(61)64-53(47-42-38-35-33-31-29-27-18-16-14-12-10-8-6-4-2)48-43-39-37-40-44-50-55(60)59-54(57(62)63)49-46-52-58/h15,17,20-21,23-24,29,31,53-54H,3-14,16,18-19,22,25-28,30,32-52,58H2,1-2H3,(H,59,60)(H,62,63)/b17-15-,21-20-,24-23-,31-29-. The number of unbranched alkanes of at least 4 members (excludes halogenated alkanes) is 28. The van der Waals surface area contributed by atoms with Gasteiger partial charge in [-0.15, -0.1) is 0 Å². The summed E-state index contributed by atoms with van der Waals surface area (Å²) in [5.74, 6) is -1.24. The molecule has 0 aliphatic carbocycles. The van der Waals surface area contributed by atoms with Crippen LogP contribution in [0.2, 0.25) is 0 Å². The second-order valence-corrected chi connectivity index (χ2v) is 18.6. The number of carboxylic acid groups (broad SMARTS) is 1. The van der Waals surface area contributed by atoms with Gasteiger partial charge in [0.05, 0.1) is 0 Å². The van der Waals surface area contributed by atoms with Crippen molar-refractivity contribution in [3.8, 4) is 0 Å². The summed E-state index contributed by atoms with van der Waals surface area (Å²) in [5.41, 5.74) is 5.51. The highest BCUT2D eigenvalue weighted by Crippen LogP contribution is 2.19. The lowest BCUT2D eigenvalue weighted by molar-refractivity contribution is -0.150. The summed E-state index contributed by atoms with van der Waals surface area (Å²) < 4.78 is 6.09. The fourth-order valence-electron chi connectivity index (χ4n) is 8.22. The van der Waals surface area contributed by atoms with Gasteiger partial charge < -0.3 is 20.9 Å². The van der Waals surface area contributed by atoms with Crippen molar-refractivity contribution < 1.29 is 24.2 Å². The Bertz CT molecular complexity index is 1150. The first-order valence-electron chi connectivity index (χ1n) is 27.5. The number of aliphatic carboxylic acids is 1. The summed E-state index contributed by atoms with van der Waals surface area (Å²) in [6.07, 6.45) is 64.6. The number of carbonyl (C=O) groups excluding carboxylic acids is 2. The molecular formula is C57H104N2O5. The number of allylic oxidation sites excluding steroid dienone is 8. The van der Waals surface area contributed by atoms with Gasteiger partial charge in [-0.25, -0.2) is 4.79 Å². The van der Waals surface area contributed by atoms with E-state index in [0.29, 0.717) is 32.2 Å². The van der Waals surface area contributed by atoms with Crippen LogP contribution in [0.1, 0.15) is 277 Å². The van der Waals surface area contributed by atoms with Crippen LogP contribution >= 0.6 is 0 Å².